The first-order valence-corrected chi connectivity index (χ1v) is 6.42. The molecule has 2 amide bonds. The predicted octanol–water partition coefficient (Wildman–Crippen LogP) is -0.867. The van der Waals surface area contributed by atoms with E-state index in [9.17, 15) is 9.59 Å². The van der Waals surface area contributed by atoms with E-state index in [0.29, 0.717) is 12.1 Å². The van der Waals surface area contributed by atoms with E-state index in [1.54, 1.807) is 23.2 Å². The van der Waals surface area contributed by atoms with E-state index in [1.165, 1.54) is 0 Å². The molecule has 0 radical (unpaired) electrons. The lowest BCUT2D eigenvalue weighted by Crippen LogP contribution is -2.48. The fourth-order valence-electron chi connectivity index (χ4n) is 2.10. The van der Waals surface area contributed by atoms with Gasteiger partial charge in [0, 0.05) is 12.2 Å². The van der Waals surface area contributed by atoms with Crippen LogP contribution >= 0.6 is 0 Å². The Morgan fingerprint density at radius 3 is 2.25 bits per heavy atom. The van der Waals surface area contributed by atoms with Crippen molar-refractivity contribution in [1.82, 2.24) is 9.88 Å². The number of hydrogen-bond acceptors (Lipinski definition) is 5. The van der Waals surface area contributed by atoms with Crippen LogP contribution in [0.5, 0.6) is 0 Å². The highest BCUT2D eigenvalue weighted by molar-refractivity contribution is 5.79. The molecule has 0 saturated heterocycles. The zero-order valence-electron chi connectivity index (χ0n) is 11.5. The molecular formula is C13H21N5O2. The Kier molecular flexibility index (Phi) is 6.08. The number of nitrogens with zero attached hydrogens (tertiary/aromatic N) is 2. The van der Waals surface area contributed by atoms with Crippen LogP contribution in [0.2, 0.25) is 0 Å². The minimum absolute atomic E-state index is 0.0993. The molecular weight excluding hydrogens is 258 g/mol. The van der Waals surface area contributed by atoms with E-state index in [4.69, 9.17) is 17.2 Å². The van der Waals surface area contributed by atoms with Gasteiger partial charge in [-0.25, -0.2) is 0 Å². The number of amides is 2. The minimum atomic E-state index is -0.546. The third-order valence-corrected chi connectivity index (χ3v) is 2.98. The van der Waals surface area contributed by atoms with E-state index >= 15 is 0 Å². The normalized spacial score (nSPS) is 13.9. The van der Waals surface area contributed by atoms with Crippen LogP contribution in [0.3, 0.4) is 0 Å². The molecule has 0 saturated carbocycles. The lowest BCUT2D eigenvalue weighted by atomic mass is 10.0. The number of carbonyl (C=O) groups excluding carboxylic acids is 2. The van der Waals surface area contributed by atoms with Gasteiger partial charge in [-0.2, -0.15) is 0 Å². The average Bonchev–Trinajstić information content (AvgIpc) is 2.38. The van der Waals surface area contributed by atoms with E-state index in [1.807, 2.05) is 13.0 Å². The van der Waals surface area contributed by atoms with Crippen molar-refractivity contribution in [3.05, 3.63) is 30.1 Å². The lowest BCUT2D eigenvalue weighted by Gasteiger charge is -2.33. The van der Waals surface area contributed by atoms with Gasteiger partial charge in [-0.05, 0) is 18.6 Å². The number of carbonyl (C=O) groups is 2. The monoisotopic (exact) mass is 279 g/mol. The topological polar surface area (TPSA) is 128 Å². The highest BCUT2D eigenvalue weighted by Crippen LogP contribution is 2.22. The van der Waals surface area contributed by atoms with Crippen LogP contribution < -0.4 is 17.2 Å². The fraction of sp³-hybridized carbons (Fsp3) is 0.462. The quantitative estimate of drug-likeness (QED) is 0.570. The number of primary amides is 2. The average molecular weight is 279 g/mol. The molecule has 2 atom stereocenters. The molecule has 110 valence electrons. The number of rotatable bonds is 8. The first-order chi connectivity index (χ1) is 9.45. The molecule has 0 fully saturated rings. The molecule has 2 unspecified atom stereocenters. The van der Waals surface area contributed by atoms with Crippen molar-refractivity contribution in [2.75, 3.05) is 13.1 Å². The zero-order valence-corrected chi connectivity index (χ0v) is 11.5. The van der Waals surface area contributed by atoms with Crippen molar-refractivity contribution in [2.45, 2.75) is 25.4 Å². The standard InChI is InChI=1S/C13H21N5O2/c1-2-9(14)13(10-5-3-4-6-17-10)18(7-11(15)19)8-12(16)20/h3-6,9,13H,2,7-8,14H2,1H3,(H2,15,19)(H2,16,20). The molecule has 0 aromatic carbocycles. The minimum Gasteiger partial charge on any atom is -0.369 e. The number of aromatic nitrogens is 1. The van der Waals surface area contributed by atoms with Gasteiger partial charge in [-0.15, -0.1) is 0 Å². The summed E-state index contributed by atoms with van der Waals surface area (Å²) in [6.07, 6.45) is 2.30. The summed E-state index contributed by atoms with van der Waals surface area (Å²) < 4.78 is 0. The molecule has 1 rings (SSSR count). The third-order valence-electron chi connectivity index (χ3n) is 2.98. The molecule has 7 heteroatoms. The summed E-state index contributed by atoms with van der Waals surface area (Å²) in [6, 6.07) is 4.73. The number of nitrogens with two attached hydrogens (primary N) is 3. The van der Waals surface area contributed by atoms with Crippen molar-refractivity contribution in [2.24, 2.45) is 17.2 Å². The Morgan fingerprint density at radius 2 is 1.85 bits per heavy atom. The van der Waals surface area contributed by atoms with Gasteiger partial charge in [-0.1, -0.05) is 13.0 Å². The molecule has 6 N–H and O–H groups in total. The summed E-state index contributed by atoms with van der Waals surface area (Å²) >= 11 is 0. The van der Waals surface area contributed by atoms with Gasteiger partial charge in [-0.3, -0.25) is 19.5 Å². The van der Waals surface area contributed by atoms with Crippen LogP contribution in [-0.2, 0) is 9.59 Å². The second-order valence-electron chi connectivity index (χ2n) is 4.61. The van der Waals surface area contributed by atoms with Crippen molar-refractivity contribution in [1.29, 1.82) is 0 Å². The highest BCUT2D eigenvalue weighted by Gasteiger charge is 2.28. The second kappa shape index (κ2) is 7.56. The third kappa shape index (κ3) is 4.60. The van der Waals surface area contributed by atoms with Gasteiger partial charge >= 0.3 is 0 Å². The molecule has 1 aromatic heterocycles. The Bertz CT molecular complexity index is 435. The van der Waals surface area contributed by atoms with Crippen LogP contribution in [0, 0.1) is 0 Å². The molecule has 0 aliphatic rings. The summed E-state index contributed by atoms with van der Waals surface area (Å²) in [5, 5.41) is 0. The van der Waals surface area contributed by atoms with Crippen LogP contribution in [0.15, 0.2) is 24.4 Å². The van der Waals surface area contributed by atoms with E-state index in [0.717, 1.165) is 0 Å². The molecule has 0 aliphatic heterocycles. The Morgan fingerprint density at radius 1 is 1.25 bits per heavy atom. The van der Waals surface area contributed by atoms with E-state index in [-0.39, 0.29) is 25.2 Å². The Hall–Kier alpha value is -1.99. The zero-order chi connectivity index (χ0) is 15.1. The predicted molar refractivity (Wildman–Crippen MR) is 75.2 cm³/mol. The van der Waals surface area contributed by atoms with Gasteiger partial charge in [0.1, 0.15) is 0 Å². The van der Waals surface area contributed by atoms with Gasteiger partial charge in [0.15, 0.2) is 0 Å². The van der Waals surface area contributed by atoms with Gasteiger partial charge in [0.2, 0.25) is 11.8 Å². The largest absolute Gasteiger partial charge is 0.369 e. The Labute approximate surface area is 118 Å². The fourth-order valence-corrected chi connectivity index (χ4v) is 2.10. The second-order valence-corrected chi connectivity index (χ2v) is 4.61. The van der Waals surface area contributed by atoms with Gasteiger partial charge < -0.3 is 17.2 Å². The molecule has 1 heterocycles. The maximum Gasteiger partial charge on any atom is 0.231 e. The first-order valence-electron chi connectivity index (χ1n) is 6.42. The lowest BCUT2D eigenvalue weighted by molar-refractivity contribution is -0.123. The van der Waals surface area contributed by atoms with Crippen molar-refractivity contribution >= 4 is 11.8 Å². The number of hydrogen-bond donors (Lipinski definition) is 3. The van der Waals surface area contributed by atoms with Crippen molar-refractivity contribution in [3.63, 3.8) is 0 Å². The smallest absolute Gasteiger partial charge is 0.231 e. The summed E-state index contributed by atoms with van der Waals surface area (Å²) in [4.78, 5) is 28.2. The number of pyridine rings is 1. The van der Waals surface area contributed by atoms with E-state index < -0.39 is 11.8 Å². The SMILES string of the molecule is CCC(N)C(c1ccccn1)N(CC(N)=O)CC(N)=O. The summed E-state index contributed by atoms with van der Waals surface area (Å²) in [5.74, 6) is -1.09. The summed E-state index contributed by atoms with van der Waals surface area (Å²) in [5.41, 5.74) is 17.3. The van der Waals surface area contributed by atoms with Crippen LogP contribution in [0.25, 0.3) is 0 Å². The summed E-state index contributed by atoms with van der Waals surface area (Å²) in [6.45, 7) is 1.73. The van der Waals surface area contributed by atoms with Crippen LogP contribution in [-0.4, -0.2) is 40.8 Å². The first kappa shape index (κ1) is 16.1. The maximum absolute atomic E-state index is 11.2. The highest BCUT2D eigenvalue weighted by atomic mass is 16.2. The van der Waals surface area contributed by atoms with Gasteiger partial charge in [0.25, 0.3) is 0 Å². The van der Waals surface area contributed by atoms with Crippen molar-refractivity contribution < 1.29 is 9.59 Å². The molecule has 20 heavy (non-hydrogen) atoms. The van der Waals surface area contributed by atoms with Crippen molar-refractivity contribution in [3.8, 4) is 0 Å². The molecule has 0 bridgehead atoms. The Balaban J connectivity index is 3.10. The van der Waals surface area contributed by atoms with Crippen LogP contribution in [0.4, 0.5) is 0 Å². The molecule has 7 nitrogen and oxygen atoms in total. The summed E-state index contributed by atoms with van der Waals surface area (Å²) in [7, 11) is 0. The van der Waals surface area contributed by atoms with E-state index in [2.05, 4.69) is 4.98 Å². The molecule has 1 aromatic rings. The maximum atomic E-state index is 11.2. The van der Waals surface area contributed by atoms with Crippen LogP contribution in [0.1, 0.15) is 25.1 Å². The molecule has 0 aliphatic carbocycles. The molecule has 0 spiro atoms. The van der Waals surface area contributed by atoms with Gasteiger partial charge in [0.05, 0.1) is 24.8 Å².